The molecular formula is C27H38NSi+. The summed E-state index contributed by atoms with van der Waals surface area (Å²) in [6.07, 6.45) is 2.23. The van der Waals surface area contributed by atoms with E-state index < -0.39 is 8.07 Å². The summed E-state index contributed by atoms with van der Waals surface area (Å²) in [7, 11) is 0.803. The second-order valence-corrected chi connectivity index (χ2v) is 15.0. The maximum Gasteiger partial charge on any atom is 0.220 e. The Morgan fingerprint density at radius 2 is 1.52 bits per heavy atom. The normalized spacial score (nSPS) is 12.6. The van der Waals surface area contributed by atoms with Crippen LogP contribution in [0.3, 0.4) is 0 Å². The fraction of sp³-hybridized carbons (Fsp3) is 0.444. The zero-order valence-corrected chi connectivity index (χ0v) is 20.7. The Balaban J connectivity index is 2.27. The van der Waals surface area contributed by atoms with Crippen molar-refractivity contribution in [3.63, 3.8) is 0 Å². The van der Waals surface area contributed by atoms with E-state index in [1.54, 1.807) is 5.19 Å². The zero-order valence-electron chi connectivity index (χ0n) is 19.7. The number of benzene rings is 2. The lowest BCUT2D eigenvalue weighted by Gasteiger charge is -2.29. The molecule has 1 heterocycles. The molecule has 29 heavy (non-hydrogen) atoms. The predicted molar refractivity (Wildman–Crippen MR) is 131 cm³/mol. The van der Waals surface area contributed by atoms with Gasteiger partial charge in [0.15, 0.2) is 6.20 Å². The van der Waals surface area contributed by atoms with E-state index in [-0.39, 0.29) is 5.41 Å². The number of fused-ring (bicyclic) bond motifs is 1. The summed E-state index contributed by atoms with van der Waals surface area (Å²) in [6.45, 7) is 16.3. The molecule has 3 rings (SSSR count). The summed E-state index contributed by atoms with van der Waals surface area (Å²) >= 11 is 0. The van der Waals surface area contributed by atoms with Crippen LogP contribution in [-0.4, -0.2) is 8.07 Å². The van der Waals surface area contributed by atoms with Gasteiger partial charge in [0.25, 0.3) is 0 Å². The maximum absolute atomic E-state index is 2.50. The Bertz CT molecular complexity index is 1010. The van der Waals surface area contributed by atoms with E-state index in [4.69, 9.17) is 0 Å². The molecule has 3 aromatic rings. The minimum atomic E-state index is -1.37. The second kappa shape index (κ2) is 8.06. The number of nitrogens with zero attached hydrogens (tertiary/aromatic N) is 1. The first-order valence-electron chi connectivity index (χ1n) is 11.2. The van der Waals surface area contributed by atoms with Gasteiger partial charge in [-0.1, -0.05) is 89.1 Å². The van der Waals surface area contributed by atoms with Crippen LogP contribution in [0.4, 0.5) is 0 Å². The van der Waals surface area contributed by atoms with Gasteiger partial charge in [0, 0.05) is 11.6 Å². The van der Waals surface area contributed by atoms with Gasteiger partial charge in [-0.25, -0.2) is 4.57 Å². The molecule has 0 N–H and O–H groups in total. The van der Waals surface area contributed by atoms with Crippen LogP contribution >= 0.6 is 0 Å². The first-order chi connectivity index (χ1) is 13.7. The summed E-state index contributed by atoms with van der Waals surface area (Å²) in [6, 6.07) is 20.6. The fourth-order valence-electron chi connectivity index (χ4n) is 4.74. The van der Waals surface area contributed by atoms with E-state index in [0.717, 1.165) is 0 Å². The Morgan fingerprint density at radius 3 is 2.10 bits per heavy atom. The van der Waals surface area contributed by atoms with Crippen molar-refractivity contribution in [3.8, 4) is 11.3 Å². The second-order valence-electron chi connectivity index (χ2n) is 9.70. The van der Waals surface area contributed by atoms with E-state index >= 15 is 0 Å². The molecule has 0 saturated heterocycles. The zero-order chi connectivity index (χ0) is 21.4. The van der Waals surface area contributed by atoms with Crippen LogP contribution in [0.25, 0.3) is 22.0 Å². The highest BCUT2D eigenvalue weighted by molar-refractivity contribution is 6.91. The van der Waals surface area contributed by atoms with Gasteiger partial charge >= 0.3 is 0 Å². The van der Waals surface area contributed by atoms with Crippen LogP contribution in [-0.2, 0) is 12.5 Å². The Morgan fingerprint density at radius 1 is 0.862 bits per heavy atom. The van der Waals surface area contributed by atoms with Crippen LogP contribution < -0.4 is 9.75 Å². The molecule has 0 aliphatic heterocycles. The lowest BCUT2D eigenvalue weighted by Crippen LogP contribution is -2.45. The molecule has 2 aromatic carbocycles. The van der Waals surface area contributed by atoms with Crippen LogP contribution in [0.2, 0.25) is 18.1 Å². The Labute approximate surface area is 178 Å². The molecule has 0 unspecified atom stereocenters. The van der Waals surface area contributed by atoms with Crippen molar-refractivity contribution in [1.82, 2.24) is 0 Å². The summed E-state index contributed by atoms with van der Waals surface area (Å²) in [5.74, 6) is 0. The van der Waals surface area contributed by atoms with Crippen molar-refractivity contribution in [1.29, 1.82) is 0 Å². The fourth-order valence-corrected chi connectivity index (χ4v) is 8.37. The van der Waals surface area contributed by atoms with Crippen molar-refractivity contribution in [3.05, 3.63) is 59.8 Å². The smallest absolute Gasteiger partial charge is 0.200 e. The molecule has 0 bridgehead atoms. The number of hydrogen-bond acceptors (Lipinski definition) is 0. The quantitative estimate of drug-likeness (QED) is 0.331. The largest absolute Gasteiger partial charge is 0.220 e. The van der Waals surface area contributed by atoms with Crippen molar-refractivity contribution in [2.24, 2.45) is 7.05 Å². The maximum atomic E-state index is 2.50. The molecule has 0 aliphatic rings. The highest BCUT2D eigenvalue weighted by atomic mass is 28.3. The third-order valence-electron chi connectivity index (χ3n) is 7.14. The van der Waals surface area contributed by atoms with Gasteiger partial charge in [-0.2, -0.15) is 0 Å². The van der Waals surface area contributed by atoms with Crippen molar-refractivity contribution < 1.29 is 4.57 Å². The summed E-state index contributed by atoms with van der Waals surface area (Å²) in [5.41, 5.74) is 5.55. The molecule has 0 radical (unpaired) electrons. The average Bonchev–Trinajstić information content (AvgIpc) is 2.69. The number of pyridine rings is 1. The molecule has 0 atom stereocenters. The van der Waals surface area contributed by atoms with Gasteiger partial charge in [-0.15, -0.1) is 0 Å². The number of aryl methyl sites for hydroxylation is 2. The van der Waals surface area contributed by atoms with E-state index in [2.05, 4.69) is 109 Å². The molecule has 1 aromatic heterocycles. The van der Waals surface area contributed by atoms with E-state index in [1.807, 2.05) is 0 Å². The monoisotopic (exact) mass is 404 g/mol. The van der Waals surface area contributed by atoms with Crippen LogP contribution in [0, 0.1) is 6.92 Å². The SMILES string of the molecule is CC[Si](CC)(CC)c1ccc2c(-c3cc(C(C)(C)C)ccc3C)[n+](C)ccc2c1. The molecule has 2 heteroatoms. The first-order valence-corrected chi connectivity index (χ1v) is 13.8. The third kappa shape index (κ3) is 3.92. The minimum absolute atomic E-state index is 0.146. The van der Waals surface area contributed by atoms with E-state index in [0.29, 0.717) is 0 Å². The van der Waals surface area contributed by atoms with Gasteiger partial charge in [-0.3, -0.25) is 0 Å². The Hall–Kier alpha value is -1.93. The number of hydrogen-bond donors (Lipinski definition) is 0. The highest BCUT2D eigenvalue weighted by Gasteiger charge is 2.30. The van der Waals surface area contributed by atoms with Gasteiger partial charge in [0.2, 0.25) is 5.69 Å². The number of rotatable bonds is 5. The van der Waals surface area contributed by atoms with Gasteiger partial charge in [0.1, 0.15) is 7.05 Å². The lowest BCUT2D eigenvalue weighted by atomic mass is 9.84. The molecule has 0 amide bonds. The van der Waals surface area contributed by atoms with Crippen LogP contribution in [0.1, 0.15) is 52.7 Å². The molecule has 0 aliphatic carbocycles. The molecule has 1 nitrogen and oxygen atoms in total. The Kier molecular flexibility index (Phi) is 6.05. The average molecular weight is 405 g/mol. The number of aromatic nitrogens is 1. The van der Waals surface area contributed by atoms with Crippen molar-refractivity contribution >= 4 is 24.0 Å². The standard InChI is InChI=1S/C27H38NSi/c1-9-29(10-2,11-3)23-14-15-24-21(18-23)16-17-28(8)26(24)25-19-22(27(5,6)7)13-12-20(25)4/h12-19H,9-11H2,1-8H3/q+1. The van der Waals surface area contributed by atoms with Crippen molar-refractivity contribution in [2.45, 2.75) is 72.0 Å². The molecule has 0 fully saturated rings. The summed E-state index contributed by atoms with van der Waals surface area (Å²) in [5, 5.41) is 4.36. The third-order valence-corrected chi connectivity index (χ3v) is 12.7. The van der Waals surface area contributed by atoms with E-state index in [9.17, 15) is 0 Å². The van der Waals surface area contributed by atoms with Gasteiger partial charge in [0.05, 0.1) is 13.5 Å². The summed E-state index contributed by atoms with van der Waals surface area (Å²) in [4.78, 5) is 0. The van der Waals surface area contributed by atoms with Gasteiger partial charge < -0.3 is 0 Å². The predicted octanol–water partition coefficient (Wildman–Crippen LogP) is 6.65. The minimum Gasteiger partial charge on any atom is -0.200 e. The molecule has 0 saturated carbocycles. The highest BCUT2D eigenvalue weighted by Crippen LogP contribution is 2.32. The molecule has 154 valence electrons. The van der Waals surface area contributed by atoms with Crippen LogP contribution in [0.5, 0.6) is 0 Å². The van der Waals surface area contributed by atoms with Gasteiger partial charge in [-0.05, 0) is 41.0 Å². The first kappa shape index (κ1) is 21.8. The topological polar surface area (TPSA) is 3.88 Å². The summed E-state index contributed by atoms with van der Waals surface area (Å²) < 4.78 is 2.29. The van der Waals surface area contributed by atoms with Crippen LogP contribution in [0.15, 0.2) is 48.7 Å². The molecule has 0 spiro atoms. The van der Waals surface area contributed by atoms with E-state index in [1.165, 1.54) is 51.3 Å². The van der Waals surface area contributed by atoms with Crippen molar-refractivity contribution in [2.75, 3.05) is 0 Å². The molecular weight excluding hydrogens is 366 g/mol. The lowest BCUT2D eigenvalue weighted by molar-refractivity contribution is -0.659.